The SMILES string of the molecule is O=C(Cl)c1cnc(F)c(I)c1. The Morgan fingerprint density at radius 1 is 1.73 bits per heavy atom. The lowest BCUT2D eigenvalue weighted by Gasteiger charge is -1.94. The van der Waals surface area contributed by atoms with Crippen LogP contribution in [0.3, 0.4) is 0 Å². The Morgan fingerprint density at radius 2 is 2.36 bits per heavy atom. The molecular formula is C6H2ClFINO. The Labute approximate surface area is 80.9 Å². The zero-order chi connectivity index (χ0) is 8.43. The van der Waals surface area contributed by atoms with Crippen LogP contribution >= 0.6 is 34.2 Å². The van der Waals surface area contributed by atoms with E-state index in [1.165, 1.54) is 6.07 Å². The van der Waals surface area contributed by atoms with Crippen LogP contribution in [-0.4, -0.2) is 10.2 Å². The van der Waals surface area contributed by atoms with Gasteiger partial charge in [-0.2, -0.15) is 4.39 Å². The summed E-state index contributed by atoms with van der Waals surface area (Å²) in [6.45, 7) is 0. The number of halogens is 3. The molecule has 0 amide bonds. The summed E-state index contributed by atoms with van der Waals surface area (Å²) in [4.78, 5) is 13.8. The smallest absolute Gasteiger partial charge is 0.253 e. The fraction of sp³-hybridized carbons (Fsp3) is 0. The summed E-state index contributed by atoms with van der Waals surface area (Å²) in [5.41, 5.74) is 0.206. The van der Waals surface area contributed by atoms with Crippen molar-refractivity contribution >= 4 is 39.4 Å². The van der Waals surface area contributed by atoms with E-state index in [2.05, 4.69) is 4.98 Å². The van der Waals surface area contributed by atoms with Gasteiger partial charge in [0.05, 0.1) is 9.13 Å². The van der Waals surface area contributed by atoms with Crippen molar-refractivity contribution < 1.29 is 9.18 Å². The average Bonchev–Trinajstić information content (AvgIpc) is 1.94. The number of rotatable bonds is 1. The molecule has 0 aromatic carbocycles. The van der Waals surface area contributed by atoms with Gasteiger partial charge in [0.15, 0.2) is 0 Å². The van der Waals surface area contributed by atoms with E-state index in [0.717, 1.165) is 6.20 Å². The first kappa shape index (κ1) is 8.86. The van der Waals surface area contributed by atoms with Crippen LogP contribution in [0.4, 0.5) is 4.39 Å². The van der Waals surface area contributed by atoms with E-state index >= 15 is 0 Å². The molecule has 0 unspecified atom stereocenters. The van der Waals surface area contributed by atoms with Crippen molar-refractivity contribution in [3.05, 3.63) is 27.3 Å². The maximum atomic E-state index is 12.5. The number of hydrogen-bond acceptors (Lipinski definition) is 2. The number of aromatic nitrogens is 1. The van der Waals surface area contributed by atoms with Crippen LogP contribution in [0.5, 0.6) is 0 Å². The van der Waals surface area contributed by atoms with Crippen molar-refractivity contribution in [2.45, 2.75) is 0 Å². The lowest BCUT2D eigenvalue weighted by Crippen LogP contribution is -1.94. The van der Waals surface area contributed by atoms with Gasteiger partial charge in [0.2, 0.25) is 5.95 Å². The van der Waals surface area contributed by atoms with Crippen molar-refractivity contribution in [2.24, 2.45) is 0 Å². The molecule has 0 aliphatic heterocycles. The van der Waals surface area contributed by atoms with Crippen LogP contribution < -0.4 is 0 Å². The minimum atomic E-state index is -0.629. The van der Waals surface area contributed by atoms with Gasteiger partial charge in [-0.1, -0.05) is 0 Å². The topological polar surface area (TPSA) is 30.0 Å². The van der Waals surface area contributed by atoms with Gasteiger partial charge in [0.1, 0.15) is 0 Å². The van der Waals surface area contributed by atoms with Gasteiger partial charge < -0.3 is 0 Å². The fourth-order valence-corrected chi connectivity index (χ4v) is 1.11. The van der Waals surface area contributed by atoms with E-state index in [1.54, 1.807) is 22.6 Å². The van der Waals surface area contributed by atoms with Gasteiger partial charge >= 0.3 is 0 Å². The van der Waals surface area contributed by atoms with Crippen LogP contribution in [0, 0.1) is 9.52 Å². The van der Waals surface area contributed by atoms with Crippen LogP contribution in [0.15, 0.2) is 12.3 Å². The number of pyridine rings is 1. The third-order valence-corrected chi connectivity index (χ3v) is 2.00. The van der Waals surface area contributed by atoms with E-state index in [4.69, 9.17) is 11.6 Å². The summed E-state index contributed by atoms with van der Waals surface area (Å²) in [5.74, 6) is -0.590. The minimum Gasteiger partial charge on any atom is -0.276 e. The van der Waals surface area contributed by atoms with E-state index in [-0.39, 0.29) is 9.13 Å². The van der Waals surface area contributed by atoms with Crippen LogP contribution in [0.1, 0.15) is 10.4 Å². The molecule has 0 aliphatic rings. The zero-order valence-corrected chi connectivity index (χ0v) is 8.06. The highest BCUT2D eigenvalue weighted by atomic mass is 127. The molecule has 0 bridgehead atoms. The summed E-state index contributed by atoms with van der Waals surface area (Å²) in [6, 6.07) is 1.35. The normalized spacial score (nSPS) is 9.73. The molecule has 0 spiro atoms. The highest BCUT2D eigenvalue weighted by molar-refractivity contribution is 14.1. The van der Waals surface area contributed by atoms with Crippen molar-refractivity contribution in [2.75, 3.05) is 0 Å². The first-order chi connectivity index (χ1) is 5.11. The summed E-state index contributed by atoms with van der Waals surface area (Å²) < 4.78 is 12.8. The highest BCUT2D eigenvalue weighted by Crippen LogP contribution is 2.11. The van der Waals surface area contributed by atoms with E-state index < -0.39 is 11.2 Å². The third-order valence-electron chi connectivity index (χ3n) is 1.02. The largest absolute Gasteiger partial charge is 0.276 e. The van der Waals surface area contributed by atoms with Gasteiger partial charge in [-0.3, -0.25) is 4.79 Å². The molecule has 0 radical (unpaired) electrons. The molecule has 1 aromatic rings. The molecule has 11 heavy (non-hydrogen) atoms. The Balaban J connectivity index is 3.15. The van der Waals surface area contributed by atoms with Crippen molar-refractivity contribution in [3.8, 4) is 0 Å². The van der Waals surface area contributed by atoms with E-state index in [0.29, 0.717) is 0 Å². The Hall–Kier alpha value is -0.230. The number of hydrogen-bond donors (Lipinski definition) is 0. The molecule has 2 nitrogen and oxygen atoms in total. The summed E-state index contributed by atoms with van der Waals surface area (Å²) in [7, 11) is 0. The summed E-state index contributed by atoms with van der Waals surface area (Å²) in [5, 5.41) is -0.629. The molecule has 0 aliphatic carbocycles. The van der Waals surface area contributed by atoms with Crippen molar-refractivity contribution in [1.29, 1.82) is 0 Å². The first-order valence-corrected chi connectivity index (χ1v) is 4.08. The van der Waals surface area contributed by atoms with Gasteiger partial charge in [-0.25, -0.2) is 4.98 Å². The second kappa shape index (κ2) is 3.44. The molecule has 1 rings (SSSR count). The Kier molecular flexibility index (Phi) is 2.78. The molecule has 1 heterocycles. The minimum absolute atomic E-state index is 0.206. The van der Waals surface area contributed by atoms with Crippen molar-refractivity contribution in [3.63, 3.8) is 0 Å². The molecular weight excluding hydrogens is 283 g/mol. The zero-order valence-electron chi connectivity index (χ0n) is 5.14. The monoisotopic (exact) mass is 285 g/mol. The second-order valence-electron chi connectivity index (χ2n) is 1.77. The van der Waals surface area contributed by atoms with Gasteiger partial charge in [0.25, 0.3) is 5.24 Å². The molecule has 0 saturated heterocycles. The van der Waals surface area contributed by atoms with Crippen molar-refractivity contribution in [1.82, 2.24) is 4.98 Å². The molecule has 0 fully saturated rings. The average molecular weight is 285 g/mol. The standard InChI is InChI=1S/C6H2ClFINO/c7-5(11)3-1-4(9)6(8)10-2-3/h1-2H. The molecule has 0 atom stereocenters. The maximum absolute atomic E-state index is 12.5. The lowest BCUT2D eigenvalue weighted by atomic mass is 10.3. The van der Waals surface area contributed by atoms with Gasteiger partial charge in [-0.05, 0) is 40.3 Å². The quantitative estimate of drug-likeness (QED) is 0.450. The molecule has 58 valence electrons. The predicted molar refractivity (Wildman–Crippen MR) is 47.1 cm³/mol. The Bertz CT molecular complexity index is 305. The van der Waals surface area contributed by atoms with Crippen LogP contribution in [-0.2, 0) is 0 Å². The summed E-state index contributed by atoms with van der Waals surface area (Å²) in [6.07, 6.45) is 1.10. The van der Waals surface area contributed by atoms with Gasteiger partial charge in [-0.15, -0.1) is 0 Å². The molecule has 0 saturated carbocycles. The maximum Gasteiger partial charge on any atom is 0.253 e. The molecule has 1 aromatic heterocycles. The molecule has 5 heteroatoms. The lowest BCUT2D eigenvalue weighted by molar-refractivity contribution is 0.108. The van der Waals surface area contributed by atoms with Crippen LogP contribution in [0.2, 0.25) is 0 Å². The highest BCUT2D eigenvalue weighted by Gasteiger charge is 2.05. The first-order valence-electron chi connectivity index (χ1n) is 2.62. The number of carbonyl (C=O) groups is 1. The fourth-order valence-electron chi connectivity index (χ4n) is 0.529. The number of carbonyl (C=O) groups excluding carboxylic acids is 1. The van der Waals surface area contributed by atoms with E-state index in [9.17, 15) is 9.18 Å². The van der Waals surface area contributed by atoms with Gasteiger partial charge in [0, 0.05) is 6.20 Å². The third kappa shape index (κ3) is 2.10. The van der Waals surface area contributed by atoms with E-state index in [1.807, 2.05) is 0 Å². The predicted octanol–water partition coefficient (Wildman–Crippen LogP) is 2.20. The Morgan fingerprint density at radius 3 is 2.82 bits per heavy atom. The number of nitrogens with zero attached hydrogens (tertiary/aromatic N) is 1. The second-order valence-corrected chi connectivity index (χ2v) is 3.28. The van der Waals surface area contributed by atoms with Crippen LogP contribution in [0.25, 0.3) is 0 Å². The summed E-state index contributed by atoms with van der Waals surface area (Å²) >= 11 is 6.86. The molecule has 0 N–H and O–H groups in total.